The van der Waals surface area contributed by atoms with E-state index in [2.05, 4.69) is 24.0 Å². The molecule has 0 radical (unpaired) electrons. The van der Waals surface area contributed by atoms with E-state index in [0.29, 0.717) is 23.8 Å². The van der Waals surface area contributed by atoms with Gasteiger partial charge in [0, 0.05) is 35.3 Å². The first kappa shape index (κ1) is 20.5. The predicted octanol–water partition coefficient (Wildman–Crippen LogP) is 5.48. The number of fused-ring (bicyclic) bond motifs is 2. The Hall–Kier alpha value is -3.12. The fraction of sp³-hybridized carbons (Fsp3) is 0.346. The van der Waals surface area contributed by atoms with E-state index in [-0.39, 0.29) is 11.8 Å². The number of amides is 1. The van der Waals surface area contributed by atoms with E-state index in [4.69, 9.17) is 21.1 Å². The zero-order valence-electron chi connectivity index (χ0n) is 18.6. The molecule has 1 aliphatic heterocycles. The van der Waals surface area contributed by atoms with Gasteiger partial charge in [-0.1, -0.05) is 29.8 Å². The van der Waals surface area contributed by atoms with Crippen molar-refractivity contribution in [2.24, 2.45) is 0 Å². The lowest BCUT2D eigenvalue weighted by Gasteiger charge is -2.30. The molecule has 33 heavy (non-hydrogen) atoms. The highest BCUT2D eigenvalue weighted by Crippen LogP contribution is 2.33. The van der Waals surface area contributed by atoms with Gasteiger partial charge < -0.3 is 9.32 Å². The van der Waals surface area contributed by atoms with Crippen molar-refractivity contribution in [1.82, 2.24) is 19.7 Å². The van der Waals surface area contributed by atoms with Crippen LogP contribution in [0.5, 0.6) is 0 Å². The summed E-state index contributed by atoms with van der Waals surface area (Å²) >= 11 is 6.08. The first-order valence-electron chi connectivity index (χ1n) is 11.6. The SMILES string of the molecule is Cc1ccccc1-n1nc(C(=O)N2CCC(c3nc4cc(Cl)ccc4o3)CC2)c2c1CCC2. The van der Waals surface area contributed by atoms with Crippen molar-refractivity contribution in [3.8, 4) is 5.69 Å². The molecule has 4 aromatic rings. The van der Waals surface area contributed by atoms with E-state index in [9.17, 15) is 4.79 Å². The maximum Gasteiger partial charge on any atom is 0.274 e. The highest BCUT2D eigenvalue weighted by molar-refractivity contribution is 6.31. The summed E-state index contributed by atoms with van der Waals surface area (Å²) in [5.74, 6) is 0.989. The van der Waals surface area contributed by atoms with Crippen molar-refractivity contribution in [1.29, 1.82) is 0 Å². The smallest absolute Gasteiger partial charge is 0.274 e. The van der Waals surface area contributed by atoms with Crippen molar-refractivity contribution < 1.29 is 9.21 Å². The number of aryl methyl sites for hydroxylation is 1. The highest BCUT2D eigenvalue weighted by Gasteiger charge is 2.33. The van der Waals surface area contributed by atoms with Crippen molar-refractivity contribution in [3.63, 3.8) is 0 Å². The number of likely N-dealkylation sites (tertiary alicyclic amines) is 1. The van der Waals surface area contributed by atoms with Gasteiger partial charge >= 0.3 is 0 Å². The second-order valence-corrected chi connectivity index (χ2v) is 9.49. The van der Waals surface area contributed by atoms with Gasteiger partial charge in [-0.25, -0.2) is 9.67 Å². The third kappa shape index (κ3) is 3.53. The Kier molecular flexibility index (Phi) is 4.98. The Morgan fingerprint density at radius 2 is 1.94 bits per heavy atom. The number of benzene rings is 2. The van der Waals surface area contributed by atoms with Crippen LogP contribution in [0.2, 0.25) is 5.02 Å². The van der Waals surface area contributed by atoms with Crippen LogP contribution in [0.15, 0.2) is 46.9 Å². The Bertz CT molecular complexity index is 1360. The van der Waals surface area contributed by atoms with E-state index in [1.54, 1.807) is 0 Å². The van der Waals surface area contributed by atoms with Gasteiger partial charge in [0.25, 0.3) is 5.91 Å². The van der Waals surface area contributed by atoms with Gasteiger partial charge in [0.15, 0.2) is 17.2 Å². The molecular formula is C26H25ClN4O2. The summed E-state index contributed by atoms with van der Waals surface area (Å²) in [6.07, 6.45) is 4.61. The largest absolute Gasteiger partial charge is 0.440 e. The summed E-state index contributed by atoms with van der Waals surface area (Å²) in [6, 6.07) is 13.7. The molecule has 1 fully saturated rings. The number of oxazole rings is 1. The summed E-state index contributed by atoms with van der Waals surface area (Å²) < 4.78 is 7.98. The maximum absolute atomic E-state index is 13.5. The normalized spacial score (nSPS) is 16.5. The minimum Gasteiger partial charge on any atom is -0.440 e. The van der Waals surface area contributed by atoms with Crippen LogP contribution in [0.1, 0.15) is 58.4 Å². The fourth-order valence-electron chi connectivity index (χ4n) is 5.18. The molecule has 1 saturated heterocycles. The standard InChI is InChI=1S/C26H25ClN4O2/c1-16-5-2-3-7-21(16)31-22-8-4-6-19(22)24(29-31)26(32)30-13-11-17(12-14-30)25-28-20-15-18(27)9-10-23(20)33-25/h2-3,5,7,9-10,15,17H,4,6,8,11-14H2,1H3. The van der Waals surface area contributed by atoms with E-state index in [1.807, 2.05) is 39.9 Å². The zero-order chi connectivity index (χ0) is 22.5. The van der Waals surface area contributed by atoms with Gasteiger partial charge in [-0.3, -0.25) is 4.79 Å². The number of carbonyl (C=O) groups excluding carboxylic acids is 1. The van der Waals surface area contributed by atoms with Crippen LogP contribution in [0.4, 0.5) is 0 Å². The van der Waals surface area contributed by atoms with E-state index in [0.717, 1.165) is 65.9 Å². The number of hydrogen-bond donors (Lipinski definition) is 0. The maximum atomic E-state index is 13.5. The minimum absolute atomic E-state index is 0.0447. The second-order valence-electron chi connectivity index (χ2n) is 9.06. The first-order chi connectivity index (χ1) is 16.1. The first-order valence-corrected chi connectivity index (χ1v) is 12.0. The lowest BCUT2D eigenvalue weighted by molar-refractivity contribution is 0.0699. The number of nitrogens with zero attached hydrogens (tertiary/aromatic N) is 4. The number of aromatic nitrogens is 3. The van der Waals surface area contributed by atoms with Gasteiger partial charge in [-0.2, -0.15) is 5.10 Å². The molecule has 2 aliphatic rings. The van der Waals surface area contributed by atoms with Crippen molar-refractivity contribution >= 4 is 28.6 Å². The molecule has 1 amide bonds. The third-order valence-electron chi connectivity index (χ3n) is 6.97. The predicted molar refractivity (Wildman–Crippen MR) is 127 cm³/mol. The molecule has 7 heteroatoms. The topological polar surface area (TPSA) is 64.2 Å². The average molecular weight is 461 g/mol. The van der Waals surface area contributed by atoms with E-state index >= 15 is 0 Å². The van der Waals surface area contributed by atoms with Crippen LogP contribution >= 0.6 is 11.6 Å². The molecule has 2 aromatic heterocycles. The lowest BCUT2D eigenvalue weighted by atomic mass is 9.96. The van der Waals surface area contributed by atoms with E-state index in [1.165, 1.54) is 5.69 Å². The van der Waals surface area contributed by atoms with Crippen LogP contribution in [0, 0.1) is 6.92 Å². The molecule has 0 saturated carbocycles. The Morgan fingerprint density at radius 1 is 1.12 bits per heavy atom. The van der Waals surface area contributed by atoms with Crippen molar-refractivity contribution in [2.75, 3.05) is 13.1 Å². The van der Waals surface area contributed by atoms with Crippen molar-refractivity contribution in [3.05, 3.63) is 75.9 Å². The monoisotopic (exact) mass is 460 g/mol. The Balaban J connectivity index is 1.22. The number of halogens is 1. The molecule has 3 heterocycles. The number of hydrogen-bond acceptors (Lipinski definition) is 4. The molecule has 6 nitrogen and oxygen atoms in total. The van der Waals surface area contributed by atoms with E-state index < -0.39 is 0 Å². The summed E-state index contributed by atoms with van der Waals surface area (Å²) in [7, 11) is 0. The molecule has 1 aliphatic carbocycles. The molecule has 168 valence electrons. The van der Waals surface area contributed by atoms with Crippen LogP contribution in [0.3, 0.4) is 0 Å². The minimum atomic E-state index is 0.0447. The Morgan fingerprint density at radius 3 is 2.76 bits per heavy atom. The molecule has 0 bridgehead atoms. The molecule has 6 rings (SSSR count). The number of carbonyl (C=O) groups is 1. The van der Waals surface area contributed by atoms with Gasteiger partial charge in [-0.05, 0) is 68.9 Å². The zero-order valence-corrected chi connectivity index (χ0v) is 19.3. The Labute approximate surface area is 197 Å². The van der Waals surface area contributed by atoms with Gasteiger partial charge in [0.05, 0.1) is 5.69 Å². The molecule has 0 atom stereocenters. The van der Waals surface area contributed by atoms with Crippen LogP contribution in [-0.4, -0.2) is 38.7 Å². The lowest BCUT2D eigenvalue weighted by Crippen LogP contribution is -2.38. The third-order valence-corrected chi connectivity index (χ3v) is 7.21. The fourth-order valence-corrected chi connectivity index (χ4v) is 5.35. The number of piperidine rings is 1. The summed E-state index contributed by atoms with van der Waals surface area (Å²) in [6.45, 7) is 3.44. The average Bonchev–Trinajstić information content (AvgIpc) is 3.54. The summed E-state index contributed by atoms with van der Waals surface area (Å²) in [4.78, 5) is 20.1. The second kappa shape index (κ2) is 8.03. The molecule has 0 N–H and O–H groups in total. The van der Waals surface area contributed by atoms with Gasteiger partial charge in [0.1, 0.15) is 5.52 Å². The van der Waals surface area contributed by atoms with Crippen molar-refractivity contribution in [2.45, 2.75) is 44.9 Å². The quantitative estimate of drug-likeness (QED) is 0.406. The summed E-state index contributed by atoms with van der Waals surface area (Å²) in [5.41, 5.74) is 6.70. The van der Waals surface area contributed by atoms with Gasteiger partial charge in [-0.15, -0.1) is 0 Å². The summed E-state index contributed by atoms with van der Waals surface area (Å²) in [5, 5.41) is 5.49. The molecular weight excluding hydrogens is 436 g/mol. The molecule has 2 aromatic carbocycles. The highest BCUT2D eigenvalue weighted by atomic mass is 35.5. The number of para-hydroxylation sites is 1. The number of rotatable bonds is 3. The van der Waals surface area contributed by atoms with Crippen LogP contribution < -0.4 is 0 Å². The van der Waals surface area contributed by atoms with Crippen LogP contribution in [0.25, 0.3) is 16.8 Å². The van der Waals surface area contributed by atoms with Gasteiger partial charge in [0.2, 0.25) is 0 Å². The molecule has 0 unspecified atom stereocenters. The molecule has 0 spiro atoms. The van der Waals surface area contributed by atoms with Crippen LogP contribution in [-0.2, 0) is 12.8 Å².